The van der Waals surface area contributed by atoms with Crippen molar-refractivity contribution in [2.45, 2.75) is 39.2 Å². The highest BCUT2D eigenvalue weighted by molar-refractivity contribution is 5.98. The molecule has 1 aromatic carbocycles. The number of benzene rings is 1. The van der Waals surface area contributed by atoms with E-state index in [1.165, 1.54) is 6.92 Å². The van der Waals surface area contributed by atoms with Gasteiger partial charge < -0.3 is 9.74 Å². The minimum absolute atomic E-state index is 0.0309. The number of hydrogen-bond acceptors (Lipinski definition) is 4. The lowest BCUT2D eigenvalue weighted by Gasteiger charge is -2.19. The van der Waals surface area contributed by atoms with E-state index in [-0.39, 0.29) is 24.1 Å². The van der Waals surface area contributed by atoms with E-state index >= 15 is 0 Å². The van der Waals surface area contributed by atoms with Crippen LogP contribution in [0.25, 0.3) is 11.0 Å². The predicted molar refractivity (Wildman–Crippen MR) is 94.2 cm³/mol. The molecule has 0 atom stereocenters. The van der Waals surface area contributed by atoms with Gasteiger partial charge in [-0.05, 0) is 31.9 Å². The number of carbonyl (C=O) groups is 1. The standard InChI is InChI=1S/C18H22F2N4O2/c1-13(22-26-12-16(25)23-10-6-2-3-7-11-23)17-21-14-8-4-5-9-15(14)24(17)18(19)20/h4-5,8-9,18H,2-3,6-7,10-12H2,1H3/b22-13-. The Morgan fingerprint density at radius 2 is 1.92 bits per heavy atom. The molecule has 1 amide bonds. The third-order valence-corrected chi connectivity index (χ3v) is 4.46. The molecule has 1 aliphatic heterocycles. The summed E-state index contributed by atoms with van der Waals surface area (Å²) >= 11 is 0. The van der Waals surface area contributed by atoms with Crippen LogP contribution in [0.4, 0.5) is 8.78 Å². The third-order valence-electron chi connectivity index (χ3n) is 4.46. The number of oxime groups is 1. The van der Waals surface area contributed by atoms with Crippen LogP contribution in [0.5, 0.6) is 0 Å². The molecule has 140 valence electrons. The lowest BCUT2D eigenvalue weighted by molar-refractivity contribution is -0.136. The third kappa shape index (κ3) is 4.00. The average Bonchev–Trinajstić information content (AvgIpc) is 2.81. The van der Waals surface area contributed by atoms with E-state index in [0.717, 1.165) is 43.3 Å². The minimum atomic E-state index is -2.75. The van der Waals surface area contributed by atoms with Gasteiger partial charge in [0.1, 0.15) is 5.71 Å². The maximum Gasteiger partial charge on any atom is 0.320 e. The second-order valence-corrected chi connectivity index (χ2v) is 6.32. The van der Waals surface area contributed by atoms with Crippen LogP contribution in [0.2, 0.25) is 0 Å². The molecule has 8 heteroatoms. The van der Waals surface area contributed by atoms with Crippen molar-refractivity contribution in [3.8, 4) is 0 Å². The SMILES string of the molecule is C/C(=N/OCC(=O)N1CCCCCC1)c1nc2ccccc2n1C(F)F. The zero-order chi connectivity index (χ0) is 18.5. The predicted octanol–water partition coefficient (Wildman–Crippen LogP) is 3.57. The highest BCUT2D eigenvalue weighted by atomic mass is 19.3. The van der Waals surface area contributed by atoms with Gasteiger partial charge >= 0.3 is 6.55 Å². The van der Waals surface area contributed by atoms with Crippen molar-refractivity contribution in [2.24, 2.45) is 5.16 Å². The lowest BCUT2D eigenvalue weighted by Crippen LogP contribution is -2.34. The highest BCUT2D eigenvalue weighted by Crippen LogP contribution is 2.23. The van der Waals surface area contributed by atoms with Crippen LogP contribution in [0.15, 0.2) is 29.4 Å². The van der Waals surface area contributed by atoms with E-state index in [1.54, 1.807) is 29.2 Å². The maximum absolute atomic E-state index is 13.4. The molecular formula is C18H22F2N4O2. The number of rotatable bonds is 5. The zero-order valence-corrected chi connectivity index (χ0v) is 14.7. The quantitative estimate of drug-likeness (QED) is 0.602. The highest BCUT2D eigenvalue weighted by Gasteiger charge is 2.20. The van der Waals surface area contributed by atoms with Crippen molar-refractivity contribution >= 4 is 22.7 Å². The van der Waals surface area contributed by atoms with Crippen LogP contribution in [-0.2, 0) is 9.63 Å². The van der Waals surface area contributed by atoms with Gasteiger partial charge in [0.25, 0.3) is 5.91 Å². The Morgan fingerprint density at radius 1 is 1.23 bits per heavy atom. The number of imidazole rings is 1. The first-order chi connectivity index (χ1) is 12.6. The van der Waals surface area contributed by atoms with Crippen molar-refractivity contribution in [2.75, 3.05) is 19.7 Å². The Hall–Kier alpha value is -2.51. The van der Waals surface area contributed by atoms with E-state index in [0.29, 0.717) is 11.0 Å². The molecule has 0 unspecified atom stereocenters. The van der Waals surface area contributed by atoms with Gasteiger partial charge in [-0.25, -0.2) is 4.98 Å². The molecule has 0 N–H and O–H groups in total. The second kappa shape index (κ2) is 8.25. The Bertz CT molecular complexity index is 796. The molecule has 1 aliphatic rings. The van der Waals surface area contributed by atoms with Gasteiger partial charge in [0.05, 0.1) is 11.0 Å². The van der Waals surface area contributed by atoms with Crippen molar-refractivity contribution < 1.29 is 18.4 Å². The van der Waals surface area contributed by atoms with Gasteiger partial charge in [-0.1, -0.05) is 30.1 Å². The van der Waals surface area contributed by atoms with Gasteiger partial charge in [0.15, 0.2) is 12.4 Å². The number of aromatic nitrogens is 2. The van der Waals surface area contributed by atoms with E-state index < -0.39 is 6.55 Å². The largest absolute Gasteiger partial charge is 0.385 e. The van der Waals surface area contributed by atoms with Crippen molar-refractivity contribution in [1.29, 1.82) is 0 Å². The molecule has 0 spiro atoms. The topological polar surface area (TPSA) is 59.7 Å². The van der Waals surface area contributed by atoms with E-state index in [9.17, 15) is 13.6 Å². The normalized spacial score (nSPS) is 16.2. The number of halogens is 2. The van der Waals surface area contributed by atoms with Gasteiger partial charge in [-0.15, -0.1) is 0 Å². The fraction of sp³-hybridized carbons (Fsp3) is 0.500. The maximum atomic E-state index is 13.4. The summed E-state index contributed by atoms with van der Waals surface area (Å²) < 4.78 is 27.7. The lowest BCUT2D eigenvalue weighted by atomic mass is 10.2. The summed E-state index contributed by atoms with van der Waals surface area (Å²) in [6.45, 7) is 0.0437. The number of nitrogens with zero attached hydrogens (tertiary/aromatic N) is 4. The first-order valence-corrected chi connectivity index (χ1v) is 8.78. The van der Waals surface area contributed by atoms with Crippen LogP contribution in [0.1, 0.15) is 45.0 Å². The number of hydrogen-bond donors (Lipinski definition) is 0. The molecule has 26 heavy (non-hydrogen) atoms. The summed E-state index contributed by atoms with van der Waals surface area (Å²) in [6, 6.07) is 6.65. The Labute approximate surface area is 150 Å². The molecule has 3 rings (SSSR count). The smallest absolute Gasteiger partial charge is 0.320 e. The minimum Gasteiger partial charge on any atom is -0.385 e. The molecule has 0 saturated carbocycles. The molecule has 2 aromatic rings. The molecular weight excluding hydrogens is 342 g/mol. The first-order valence-electron chi connectivity index (χ1n) is 8.78. The fourth-order valence-electron chi connectivity index (χ4n) is 3.13. The van der Waals surface area contributed by atoms with E-state index in [4.69, 9.17) is 4.84 Å². The number of para-hydroxylation sites is 2. The van der Waals surface area contributed by atoms with E-state index in [1.807, 2.05) is 0 Å². The Morgan fingerprint density at radius 3 is 2.62 bits per heavy atom. The summed E-state index contributed by atoms with van der Waals surface area (Å²) in [5, 5.41) is 3.84. The molecule has 1 fully saturated rings. The molecule has 0 bridgehead atoms. The molecule has 0 aliphatic carbocycles. The van der Waals surface area contributed by atoms with Gasteiger partial charge in [0.2, 0.25) is 0 Å². The molecule has 6 nitrogen and oxygen atoms in total. The molecule has 2 heterocycles. The molecule has 0 radical (unpaired) electrons. The van der Waals surface area contributed by atoms with E-state index in [2.05, 4.69) is 10.1 Å². The first kappa shape index (κ1) is 18.3. The summed E-state index contributed by atoms with van der Waals surface area (Å²) in [5.74, 6) is -0.103. The summed E-state index contributed by atoms with van der Waals surface area (Å²) in [6.07, 6.45) is 4.25. The monoisotopic (exact) mass is 364 g/mol. The number of carbonyl (C=O) groups excluding carboxylic acids is 1. The van der Waals surface area contributed by atoms with Crippen LogP contribution in [0, 0.1) is 0 Å². The second-order valence-electron chi connectivity index (χ2n) is 6.32. The number of amides is 1. The van der Waals surface area contributed by atoms with Crippen molar-refractivity contribution in [3.63, 3.8) is 0 Å². The Balaban J connectivity index is 1.70. The number of likely N-dealkylation sites (tertiary alicyclic amines) is 1. The van der Waals surface area contributed by atoms with Crippen LogP contribution >= 0.6 is 0 Å². The Kier molecular flexibility index (Phi) is 5.80. The molecule has 1 aromatic heterocycles. The van der Waals surface area contributed by atoms with Gasteiger partial charge in [-0.2, -0.15) is 8.78 Å². The van der Waals surface area contributed by atoms with Crippen LogP contribution in [0.3, 0.4) is 0 Å². The number of alkyl halides is 2. The average molecular weight is 364 g/mol. The van der Waals surface area contributed by atoms with Crippen molar-refractivity contribution in [3.05, 3.63) is 30.1 Å². The number of fused-ring (bicyclic) bond motifs is 1. The van der Waals surface area contributed by atoms with Crippen LogP contribution < -0.4 is 0 Å². The molecule has 1 saturated heterocycles. The summed E-state index contributed by atoms with van der Waals surface area (Å²) in [4.78, 5) is 23.3. The zero-order valence-electron chi connectivity index (χ0n) is 14.7. The summed E-state index contributed by atoms with van der Waals surface area (Å²) in [7, 11) is 0. The van der Waals surface area contributed by atoms with Crippen LogP contribution in [-0.4, -0.2) is 45.8 Å². The van der Waals surface area contributed by atoms with Gasteiger partial charge in [0, 0.05) is 13.1 Å². The van der Waals surface area contributed by atoms with Crippen molar-refractivity contribution in [1.82, 2.24) is 14.5 Å². The fourth-order valence-corrected chi connectivity index (χ4v) is 3.13. The summed E-state index contributed by atoms with van der Waals surface area (Å²) in [5.41, 5.74) is 0.982. The van der Waals surface area contributed by atoms with Gasteiger partial charge in [-0.3, -0.25) is 9.36 Å².